The first-order chi connectivity index (χ1) is 18.1. The average molecular weight is 641 g/mol. The lowest BCUT2D eigenvalue weighted by atomic mass is 9.79. The predicted molar refractivity (Wildman–Crippen MR) is 131 cm³/mol. The van der Waals surface area contributed by atoms with Crippen LogP contribution in [0.15, 0.2) is 20.2 Å². The van der Waals surface area contributed by atoms with Crippen molar-refractivity contribution in [2.75, 3.05) is 33.5 Å². The van der Waals surface area contributed by atoms with Crippen LogP contribution in [0.3, 0.4) is 0 Å². The molecule has 0 aromatic rings. The van der Waals surface area contributed by atoms with Gasteiger partial charge in [0.2, 0.25) is 0 Å². The Balaban J connectivity index is 3.12. The fraction of sp³-hybridized carbons (Fsp3) is 0.900. The lowest BCUT2D eigenvalue weighted by Gasteiger charge is -2.33. The van der Waals surface area contributed by atoms with Crippen LogP contribution in [0, 0.1) is 11.8 Å². The number of ether oxygens (including phenoxy) is 3. The minimum Gasteiger partial charge on any atom is -0.385 e. The molecule has 0 spiro atoms. The summed E-state index contributed by atoms with van der Waals surface area (Å²) >= 11 is 0. The maximum absolute atomic E-state index is 13.4. The molecule has 1 saturated carbocycles. The molecular weight excluding hydrogens is 606 g/mol. The second kappa shape index (κ2) is 15.9. The summed E-state index contributed by atoms with van der Waals surface area (Å²) in [6.07, 6.45) is 2.64. The van der Waals surface area contributed by atoms with E-state index in [1.165, 1.54) is 7.11 Å². The summed E-state index contributed by atoms with van der Waals surface area (Å²) in [7, 11) is -16.3. The van der Waals surface area contributed by atoms with E-state index in [1.54, 1.807) is 9.84 Å². The number of methoxy groups -OCH3 is 1. The van der Waals surface area contributed by atoms with E-state index in [4.69, 9.17) is 14.2 Å². The van der Waals surface area contributed by atoms with E-state index in [2.05, 4.69) is 14.7 Å². The highest BCUT2D eigenvalue weighted by Gasteiger charge is 2.49. The third-order valence-electron chi connectivity index (χ3n) is 6.07. The molecule has 1 aliphatic rings. The number of halogens is 6. The Morgan fingerprint density at radius 1 is 1.05 bits per heavy atom. The number of hydrogen-bond acceptors (Lipinski definition) is 8. The monoisotopic (exact) mass is 640 g/mol. The van der Waals surface area contributed by atoms with Gasteiger partial charge in [-0.15, -0.1) is 6.58 Å². The molecule has 19 heteroatoms. The van der Waals surface area contributed by atoms with Gasteiger partial charge in [-0.25, -0.2) is 16.8 Å². The summed E-state index contributed by atoms with van der Waals surface area (Å²) in [5.41, 5.74) is -6.17. The zero-order chi connectivity index (χ0) is 29.9. The first-order valence-corrected chi connectivity index (χ1v) is 16.3. The Hall–Kier alpha value is -0.990. The van der Waals surface area contributed by atoms with Crippen molar-refractivity contribution in [3.63, 3.8) is 0 Å². The second-order valence-corrected chi connectivity index (χ2v) is 14.6. The normalized spacial score (nSPS) is 23.4. The Bertz CT molecular complexity index is 1110. The molecule has 0 saturated heterocycles. The van der Waals surface area contributed by atoms with Crippen LogP contribution in [0.4, 0.5) is 26.5 Å². The fourth-order valence-electron chi connectivity index (χ4n) is 3.92. The molecule has 0 aliphatic heterocycles. The Morgan fingerprint density at radius 3 is 2.13 bits per heavy atom. The first kappa shape index (κ1) is 36.0. The van der Waals surface area contributed by atoms with Gasteiger partial charge in [-0.1, -0.05) is 24.9 Å². The molecule has 0 radical (unpaired) electrons. The quantitative estimate of drug-likeness (QED) is 0.124. The van der Waals surface area contributed by atoms with E-state index in [9.17, 15) is 43.3 Å². The van der Waals surface area contributed by atoms with Gasteiger partial charge >= 0.3 is 11.3 Å². The summed E-state index contributed by atoms with van der Waals surface area (Å²) in [6.45, 7) is 6.83. The van der Waals surface area contributed by atoms with Gasteiger partial charge in [-0.3, -0.25) is 0 Å². The molecule has 1 fully saturated rings. The van der Waals surface area contributed by atoms with Crippen LogP contribution in [-0.4, -0.2) is 73.0 Å². The summed E-state index contributed by atoms with van der Waals surface area (Å²) in [6, 6.07) is 0. The van der Waals surface area contributed by atoms with E-state index < -0.39 is 46.5 Å². The molecule has 0 aromatic carbocycles. The molecule has 0 bridgehead atoms. The largest absolute Gasteiger partial charge is 0.501 e. The maximum atomic E-state index is 13.4. The lowest BCUT2D eigenvalue weighted by Crippen LogP contribution is -2.33. The Labute approximate surface area is 225 Å². The number of nitrogens with zero attached hydrogens (tertiary/aromatic N) is 2. The summed E-state index contributed by atoms with van der Waals surface area (Å²) in [5, 5.41) is -1.55. The topological polar surface area (TPSA) is 130 Å². The molecule has 0 aromatic heterocycles. The van der Waals surface area contributed by atoms with Crippen LogP contribution < -0.4 is 0 Å². The van der Waals surface area contributed by atoms with Gasteiger partial charge in [-0.2, -0.15) is 22.0 Å². The van der Waals surface area contributed by atoms with Crippen molar-refractivity contribution >= 4 is 29.9 Å². The van der Waals surface area contributed by atoms with E-state index in [0.29, 0.717) is 32.7 Å². The summed E-state index contributed by atoms with van der Waals surface area (Å²) in [5.74, 6) is -4.66. The number of sulfonamides is 1. The van der Waals surface area contributed by atoms with E-state index in [-0.39, 0.29) is 50.2 Å². The molecule has 1 rings (SSSR count). The van der Waals surface area contributed by atoms with Gasteiger partial charge in [0.25, 0.3) is 29.9 Å². The van der Waals surface area contributed by atoms with Crippen LogP contribution in [0.25, 0.3) is 0 Å². The van der Waals surface area contributed by atoms with Gasteiger partial charge in [0.1, 0.15) is 0 Å². The van der Waals surface area contributed by atoms with Crippen molar-refractivity contribution in [2.24, 2.45) is 19.4 Å². The van der Waals surface area contributed by atoms with Crippen molar-refractivity contribution in [1.82, 2.24) is 0 Å². The minimum atomic E-state index is -6.51. The summed E-state index contributed by atoms with van der Waals surface area (Å²) < 4.78 is 150. The van der Waals surface area contributed by atoms with Gasteiger partial charge in [0.05, 0.1) is 31.2 Å². The maximum Gasteiger partial charge on any atom is 0.501 e. The summed E-state index contributed by atoms with van der Waals surface area (Å²) in [4.78, 5) is 0. The van der Waals surface area contributed by atoms with Gasteiger partial charge < -0.3 is 14.2 Å². The molecule has 4 unspecified atom stereocenters. The SMILES string of the molecule is C=CCOCC(CC)OCC(CCOC)C1CCC(S(=O)(=O)N=S(=O)(N=S(=O)(OF)C(F)F)C(F)(F)F)CC1. The standard InChI is InChI=1S/C20H34F6N2O8S3/c1-4-11-34-14-17(5-2)35-13-16(10-12-33-3)15-6-8-18(9-7-15)37(29,30)27-39(32,20(23,24)25)28-38(31,36-26)19(21)22/h4,15-19H,1,5-14H2,2-3H3. The van der Waals surface area contributed by atoms with E-state index >= 15 is 0 Å². The minimum absolute atomic E-state index is 0.0918. The smallest absolute Gasteiger partial charge is 0.385 e. The van der Waals surface area contributed by atoms with Crippen LogP contribution >= 0.6 is 0 Å². The van der Waals surface area contributed by atoms with Gasteiger partial charge in [0, 0.05) is 13.7 Å². The van der Waals surface area contributed by atoms with Gasteiger partial charge in [0.15, 0.2) is 0 Å². The van der Waals surface area contributed by atoms with Crippen LogP contribution in [0.5, 0.6) is 0 Å². The van der Waals surface area contributed by atoms with Crippen molar-refractivity contribution in [1.29, 1.82) is 0 Å². The van der Waals surface area contributed by atoms with Gasteiger partial charge in [-0.05, 0) is 54.9 Å². The zero-order valence-electron chi connectivity index (χ0n) is 21.4. The predicted octanol–water partition coefficient (Wildman–Crippen LogP) is 4.94. The number of rotatable bonds is 17. The highest BCUT2D eigenvalue weighted by atomic mass is 32.3. The molecule has 10 nitrogen and oxygen atoms in total. The van der Waals surface area contributed by atoms with Crippen molar-refractivity contribution in [3.05, 3.63) is 12.7 Å². The Kier molecular flexibility index (Phi) is 14.7. The second-order valence-electron chi connectivity index (χ2n) is 8.71. The molecule has 0 heterocycles. The molecule has 39 heavy (non-hydrogen) atoms. The fourth-order valence-corrected chi connectivity index (χ4v) is 8.97. The molecule has 232 valence electrons. The average Bonchev–Trinajstić information content (AvgIpc) is 2.86. The molecule has 0 amide bonds. The first-order valence-electron chi connectivity index (χ1n) is 11.8. The van der Waals surface area contributed by atoms with E-state index in [1.807, 2.05) is 6.92 Å². The molecular formula is C20H34F6N2O8S3. The Morgan fingerprint density at radius 2 is 1.67 bits per heavy atom. The van der Waals surface area contributed by atoms with Crippen LogP contribution in [0.2, 0.25) is 0 Å². The highest BCUT2D eigenvalue weighted by Crippen LogP contribution is 2.38. The molecule has 1 aliphatic carbocycles. The highest BCUT2D eigenvalue weighted by molar-refractivity contribution is 8.07. The molecule has 0 N–H and O–H groups in total. The number of alkyl halides is 5. The van der Waals surface area contributed by atoms with E-state index in [0.717, 1.165) is 0 Å². The number of hydrogen-bond donors (Lipinski definition) is 0. The van der Waals surface area contributed by atoms with Crippen LogP contribution in [0.1, 0.15) is 45.4 Å². The lowest BCUT2D eigenvalue weighted by molar-refractivity contribution is -0.0404. The molecule has 4 atom stereocenters. The van der Waals surface area contributed by atoms with Crippen LogP contribution in [-0.2, 0) is 48.5 Å². The zero-order valence-corrected chi connectivity index (χ0v) is 23.8. The third-order valence-corrected chi connectivity index (χ3v) is 11.9. The van der Waals surface area contributed by atoms with Crippen molar-refractivity contribution < 1.29 is 61.9 Å². The van der Waals surface area contributed by atoms with Crippen molar-refractivity contribution in [3.8, 4) is 0 Å². The third kappa shape index (κ3) is 10.7. The van der Waals surface area contributed by atoms with Crippen molar-refractivity contribution in [2.45, 2.75) is 68.1 Å².